The maximum Gasteiger partial charge on any atom is 0.129 e. The van der Waals surface area contributed by atoms with Gasteiger partial charge in [0.15, 0.2) is 0 Å². The molecule has 5 aliphatic rings. The Morgan fingerprint density at radius 1 is 1.07 bits per heavy atom. The molecule has 5 saturated carbocycles. The predicted octanol–water partition coefficient (Wildman–Crippen LogP) is 6.79. The summed E-state index contributed by atoms with van der Waals surface area (Å²) in [5.41, 5.74) is 0.712. The van der Waals surface area contributed by atoms with Gasteiger partial charge in [0.25, 0.3) is 0 Å². The zero-order valence-corrected chi connectivity index (χ0v) is 20.3. The minimum absolute atomic E-state index is 0.310. The minimum atomic E-state index is -0.453. The van der Waals surface area contributed by atoms with Crippen molar-refractivity contribution in [3.05, 3.63) is 0 Å². The Kier molecular flexibility index (Phi) is 4.88. The second-order valence-corrected chi connectivity index (χ2v) is 13.1. The molecule has 0 amide bonds. The van der Waals surface area contributed by atoms with Crippen molar-refractivity contribution in [1.29, 1.82) is 0 Å². The molecule has 2 heteroatoms. The van der Waals surface area contributed by atoms with Gasteiger partial charge in [0, 0.05) is 6.42 Å². The molecular formula is C28H46O2. The number of hydrogen-bond acceptors (Lipinski definition) is 2. The smallest absolute Gasteiger partial charge is 0.129 e. The molecule has 0 aliphatic heterocycles. The van der Waals surface area contributed by atoms with E-state index in [1.54, 1.807) is 6.92 Å². The normalized spacial score (nSPS) is 55.1. The Morgan fingerprint density at radius 3 is 2.53 bits per heavy atom. The molecule has 0 aromatic carbocycles. The Balaban J connectivity index is 1.61. The van der Waals surface area contributed by atoms with Crippen LogP contribution in [-0.4, -0.2) is 16.5 Å². The monoisotopic (exact) mass is 414 g/mol. The maximum absolute atomic E-state index is 12.0. The van der Waals surface area contributed by atoms with Gasteiger partial charge in [0.05, 0.1) is 5.60 Å². The van der Waals surface area contributed by atoms with Crippen molar-refractivity contribution in [3.63, 3.8) is 0 Å². The summed E-state index contributed by atoms with van der Waals surface area (Å²) in [6, 6.07) is 0. The van der Waals surface area contributed by atoms with Crippen LogP contribution in [0.1, 0.15) is 112 Å². The second kappa shape index (κ2) is 6.82. The first-order valence-electron chi connectivity index (χ1n) is 13.3. The first-order valence-corrected chi connectivity index (χ1v) is 13.3. The van der Waals surface area contributed by atoms with Crippen LogP contribution in [0.4, 0.5) is 0 Å². The molecular weight excluding hydrogens is 368 g/mol. The number of ketones is 1. The third-order valence-electron chi connectivity index (χ3n) is 12.4. The summed E-state index contributed by atoms with van der Waals surface area (Å²) < 4.78 is 0. The Labute approximate surface area is 185 Å². The zero-order valence-electron chi connectivity index (χ0n) is 20.3. The summed E-state index contributed by atoms with van der Waals surface area (Å²) >= 11 is 0. The van der Waals surface area contributed by atoms with Crippen molar-refractivity contribution >= 4 is 5.78 Å². The number of hydrogen-bond donors (Lipinski definition) is 1. The van der Waals surface area contributed by atoms with E-state index < -0.39 is 5.60 Å². The van der Waals surface area contributed by atoms with Gasteiger partial charge in [0.1, 0.15) is 5.78 Å². The Hall–Kier alpha value is -0.370. The van der Waals surface area contributed by atoms with E-state index in [1.165, 1.54) is 51.4 Å². The minimum Gasteiger partial charge on any atom is -0.390 e. The number of rotatable bonds is 5. The summed E-state index contributed by atoms with van der Waals surface area (Å²) in [6.45, 7) is 11.8. The van der Waals surface area contributed by atoms with Crippen molar-refractivity contribution in [1.82, 2.24) is 0 Å². The highest BCUT2D eigenvalue weighted by molar-refractivity contribution is 5.75. The summed E-state index contributed by atoms with van der Waals surface area (Å²) in [4.78, 5) is 12.0. The lowest BCUT2D eigenvalue weighted by Crippen LogP contribution is -2.66. The van der Waals surface area contributed by atoms with E-state index >= 15 is 0 Å². The van der Waals surface area contributed by atoms with E-state index in [1.807, 2.05) is 0 Å². The summed E-state index contributed by atoms with van der Waals surface area (Å²) in [6.07, 6.45) is 14.5. The van der Waals surface area contributed by atoms with Crippen LogP contribution in [0.15, 0.2) is 0 Å². The molecule has 5 aliphatic carbocycles. The SMILES string of the molecule is CC[C@]1(O)CCC[C@H]2CC[C@]3([C@H](C)CCC(C)=O)C(CC[C@@]4(C)[C@H]5CC5C[C@@]43C)C21. The molecule has 0 bridgehead atoms. The number of carbonyl (C=O) groups excluding carboxylic acids is 1. The highest BCUT2D eigenvalue weighted by Gasteiger charge is 2.76. The Morgan fingerprint density at radius 2 is 1.83 bits per heavy atom. The van der Waals surface area contributed by atoms with Gasteiger partial charge in [-0.1, -0.05) is 34.1 Å². The van der Waals surface area contributed by atoms with E-state index in [2.05, 4.69) is 27.7 Å². The van der Waals surface area contributed by atoms with Crippen molar-refractivity contribution in [2.24, 2.45) is 51.8 Å². The molecule has 0 heterocycles. The van der Waals surface area contributed by atoms with Crippen molar-refractivity contribution in [2.45, 2.75) is 117 Å². The molecule has 5 rings (SSSR count). The van der Waals surface area contributed by atoms with E-state index in [4.69, 9.17) is 0 Å². The van der Waals surface area contributed by atoms with Gasteiger partial charge in [-0.15, -0.1) is 0 Å². The average molecular weight is 415 g/mol. The first-order chi connectivity index (χ1) is 14.1. The number of Topliss-reactive ketones (excluding diaryl/α,β-unsaturated/α-hetero) is 1. The molecule has 0 aromatic heterocycles. The van der Waals surface area contributed by atoms with Crippen molar-refractivity contribution in [3.8, 4) is 0 Å². The lowest BCUT2D eigenvalue weighted by molar-refractivity contribution is -0.248. The molecule has 30 heavy (non-hydrogen) atoms. The van der Waals surface area contributed by atoms with Gasteiger partial charge in [-0.25, -0.2) is 0 Å². The summed E-state index contributed by atoms with van der Waals surface area (Å²) in [7, 11) is 0. The van der Waals surface area contributed by atoms with Gasteiger partial charge in [-0.3, -0.25) is 0 Å². The molecule has 0 aromatic rings. The fraction of sp³-hybridized carbons (Fsp3) is 0.964. The molecule has 10 atom stereocenters. The van der Waals surface area contributed by atoms with Crippen LogP contribution in [0.5, 0.6) is 0 Å². The van der Waals surface area contributed by atoms with Crippen LogP contribution in [0, 0.1) is 51.8 Å². The fourth-order valence-electron chi connectivity index (χ4n) is 10.8. The topological polar surface area (TPSA) is 37.3 Å². The molecule has 3 unspecified atom stereocenters. The summed E-state index contributed by atoms with van der Waals surface area (Å²) in [5.74, 6) is 4.72. The van der Waals surface area contributed by atoms with Crippen LogP contribution in [0.3, 0.4) is 0 Å². The van der Waals surface area contributed by atoms with Crippen LogP contribution in [0.25, 0.3) is 0 Å². The van der Waals surface area contributed by atoms with Gasteiger partial charge < -0.3 is 9.90 Å². The van der Waals surface area contributed by atoms with Crippen LogP contribution in [-0.2, 0) is 4.79 Å². The highest BCUT2D eigenvalue weighted by atomic mass is 16.3. The highest BCUT2D eigenvalue weighted by Crippen LogP contribution is 2.83. The van der Waals surface area contributed by atoms with E-state index in [0.717, 1.165) is 43.4 Å². The van der Waals surface area contributed by atoms with E-state index in [0.29, 0.717) is 39.8 Å². The lowest BCUT2D eigenvalue weighted by Gasteiger charge is -2.71. The van der Waals surface area contributed by atoms with Crippen LogP contribution < -0.4 is 0 Å². The number of carbonyl (C=O) groups is 1. The zero-order chi connectivity index (χ0) is 21.5. The molecule has 0 spiro atoms. The lowest BCUT2D eigenvalue weighted by atomic mass is 9.33. The third kappa shape index (κ3) is 2.55. The summed E-state index contributed by atoms with van der Waals surface area (Å²) in [5, 5.41) is 11.9. The van der Waals surface area contributed by atoms with Gasteiger partial charge in [-0.05, 0) is 123 Å². The van der Waals surface area contributed by atoms with Crippen molar-refractivity contribution in [2.75, 3.05) is 0 Å². The number of aliphatic hydroxyl groups is 1. The van der Waals surface area contributed by atoms with Crippen LogP contribution in [0.2, 0.25) is 0 Å². The quantitative estimate of drug-likeness (QED) is 0.537. The third-order valence-corrected chi connectivity index (χ3v) is 12.4. The van der Waals surface area contributed by atoms with E-state index in [9.17, 15) is 9.90 Å². The molecule has 170 valence electrons. The van der Waals surface area contributed by atoms with E-state index in [-0.39, 0.29) is 0 Å². The number of fused-ring (bicyclic) bond motifs is 7. The second-order valence-electron chi connectivity index (χ2n) is 13.1. The standard InChI is InChI=1S/C28H46O2/c1-6-27(30)13-7-8-20-11-15-28(18(2)9-10-19(3)29)22(24(20)27)12-14-25(4)23-16-21(23)17-26(25,28)5/h18,20-24,30H,6-17H2,1-5H3/t18-,20+,21?,22?,23+,24?,25+,26+,27+,28+/m1/s1. The molecule has 1 N–H and O–H groups in total. The average Bonchev–Trinajstić information content (AvgIpc) is 3.43. The fourth-order valence-corrected chi connectivity index (χ4v) is 10.8. The molecule has 0 saturated heterocycles. The van der Waals surface area contributed by atoms with Gasteiger partial charge >= 0.3 is 0 Å². The maximum atomic E-state index is 12.0. The molecule has 2 nitrogen and oxygen atoms in total. The Bertz CT molecular complexity index is 715. The van der Waals surface area contributed by atoms with Crippen molar-refractivity contribution < 1.29 is 9.90 Å². The van der Waals surface area contributed by atoms with Crippen LogP contribution >= 0.6 is 0 Å². The predicted molar refractivity (Wildman–Crippen MR) is 122 cm³/mol. The van der Waals surface area contributed by atoms with Gasteiger partial charge in [0.2, 0.25) is 0 Å². The van der Waals surface area contributed by atoms with Gasteiger partial charge in [-0.2, -0.15) is 0 Å². The first kappa shape index (κ1) is 21.5. The molecule has 5 fully saturated rings. The largest absolute Gasteiger partial charge is 0.390 e. The molecule has 0 radical (unpaired) electrons.